The number of anilines is 2. The molecule has 0 spiro atoms. The van der Waals surface area contributed by atoms with Gasteiger partial charge in [-0.3, -0.25) is 9.59 Å². The van der Waals surface area contributed by atoms with Gasteiger partial charge in [0.1, 0.15) is 0 Å². The van der Waals surface area contributed by atoms with E-state index >= 15 is 0 Å². The van der Waals surface area contributed by atoms with Gasteiger partial charge in [-0.1, -0.05) is 0 Å². The van der Waals surface area contributed by atoms with Crippen molar-refractivity contribution in [2.45, 2.75) is 6.42 Å². The average Bonchev–Trinajstić information content (AvgIpc) is 3.06. The molecule has 0 unspecified atom stereocenters. The summed E-state index contributed by atoms with van der Waals surface area (Å²) in [5.74, 6) is -1.19. The summed E-state index contributed by atoms with van der Waals surface area (Å²) < 4.78 is 8.60. The molecule has 0 aliphatic rings. The fraction of sp³-hybridized carbons (Fsp3) is 0.333. The van der Waals surface area contributed by atoms with Crippen LogP contribution in [0.5, 0.6) is 0 Å². The molecule has 0 aliphatic heterocycles. The number of rotatable bonds is 6. The predicted molar refractivity (Wildman–Crippen MR) is 66.7 cm³/mol. The predicted octanol–water partition coefficient (Wildman–Crippen LogP) is -1.83. The summed E-state index contributed by atoms with van der Waals surface area (Å²) in [6, 6.07) is 0. The summed E-state index contributed by atoms with van der Waals surface area (Å²) in [4.78, 5) is 23.1. The Hall–Kier alpha value is -3.18. The van der Waals surface area contributed by atoms with Gasteiger partial charge in [-0.15, -0.1) is 0 Å². The standard InChI is InChI=1S/C9H12N8O4/c10-6-4(14-20-16-6)8(18)12-2-1-3-13-9(19)5-7(11)17-21-15-5/h1-3H2,(H2,10,16)(H2,11,17)(H,12,18)(H,13,19). The Morgan fingerprint density at radius 2 is 1.29 bits per heavy atom. The molecule has 12 nitrogen and oxygen atoms in total. The van der Waals surface area contributed by atoms with Gasteiger partial charge in [0, 0.05) is 13.1 Å². The fourth-order valence-corrected chi connectivity index (χ4v) is 1.37. The molecule has 0 fully saturated rings. The highest BCUT2D eigenvalue weighted by atomic mass is 16.6. The van der Waals surface area contributed by atoms with Crippen LogP contribution in [0.4, 0.5) is 11.6 Å². The van der Waals surface area contributed by atoms with Gasteiger partial charge in [0.2, 0.25) is 23.0 Å². The normalized spacial score (nSPS) is 10.3. The number of hydrogen-bond acceptors (Lipinski definition) is 10. The van der Waals surface area contributed by atoms with E-state index in [1.807, 2.05) is 0 Å². The van der Waals surface area contributed by atoms with Crippen molar-refractivity contribution in [3.63, 3.8) is 0 Å². The Labute approximate surface area is 117 Å². The first-order valence-corrected chi connectivity index (χ1v) is 5.82. The van der Waals surface area contributed by atoms with Gasteiger partial charge in [-0.2, -0.15) is 0 Å². The maximum absolute atomic E-state index is 11.6. The fourth-order valence-electron chi connectivity index (χ4n) is 1.37. The average molecular weight is 296 g/mol. The number of nitrogens with two attached hydrogens (primary N) is 2. The van der Waals surface area contributed by atoms with Crippen LogP contribution >= 0.6 is 0 Å². The number of hydrogen-bond donors (Lipinski definition) is 4. The molecule has 0 atom stereocenters. The van der Waals surface area contributed by atoms with Gasteiger partial charge in [0.05, 0.1) is 0 Å². The van der Waals surface area contributed by atoms with E-state index in [4.69, 9.17) is 11.5 Å². The lowest BCUT2D eigenvalue weighted by atomic mass is 10.3. The van der Waals surface area contributed by atoms with Crippen molar-refractivity contribution in [2.24, 2.45) is 0 Å². The van der Waals surface area contributed by atoms with Gasteiger partial charge < -0.3 is 22.1 Å². The maximum atomic E-state index is 11.6. The molecule has 0 aliphatic carbocycles. The van der Waals surface area contributed by atoms with E-state index in [-0.39, 0.29) is 36.1 Å². The Bertz CT molecular complexity index is 581. The van der Waals surface area contributed by atoms with E-state index in [2.05, 4.69) is 40.5 Å². The lowest BCUT2D eigenvalue weighted by Gasteiger charge is -2.04. The van der Waals surface area contributed by atoms with E-state index in [0.29, 0.717) is 6.42 Å². The maximum Gasteiger partial charge on any atom is 0.277 e. The summed E-state index contributed by atoms with van der Waals surface area (Å²) in [5, 5.41) is 18.4. The minimum atomic E-state index is -0.509. The lowest BCUT2D eigenvalue weighted by molar-refractivity contribution is 0.0942. The molecular weight excluding hydrogens is 284 g/mol. The van der Waals surface area contributed by atoms with Crippen LogP contribution in [0.25, 0.3) is 0 Å². The molecule has 2 amide bonds. The van der Waals surface area contributed by atoms with E-state index in [1.165, 1.54) is 0 Å². The van der Waals surface area contributed by atoms with Crippen molar-refractivity contribution in [1.82, 2.24) is 31.3 Å². The van der Waals surface area contributed by atoms with Crippen LogP contribution in [0, 0.1) is 0 Å². The molecule has 2 rings (SSSR count). The van der Waals surface area contributed by atoms with Crippen molar-refractivity contribution in [3.8, 4) is 0 Å². The smallest absolute Gasteiger partial charge is 0.277 e. The summed E-state index contributed by atoms with van der Waals surface area (Å²) in [6.45, 7) is 0.579. The van der Waals surface area contributed by atoms with Gasteiger partial charge in [0.25, 0.3) is 11.8 Å². The van der Waals surface area contributed by atoms with Crippen LogP contribution in [-0.4, -0.2) is 45.5 Å². The largest absolute Gasteiger partial charge is 0.379 e. The monoisotopic (exact) mass is 296 g/mol. The van der Waals surface area contributed by atoms with Crippen LogP contribution in [0.3, 0.4) is 0 Å². The van der Waals surface area contributed by atoms with Crippen LogP contribution in [0.15, 0.2) is 9.26 Å². The lowest BCUT2D eigenvalue weighted by Crippen LogP contribution is -2.30. The van der Waals surface area contributed by atoms with Crippen molar-refractivity contribution in [1.29, 1.82) is 0 Å². The number of carbonyl (C=O) groups excluding carboxylic acids is 2. The Morgan fingerprint density at radius 3 is 1.62 bits per heavy atom. The summed E-state index contributed by atoms with van der Waals surface area (Å²) >= 11 is 0. The second-order valence-electron chi connectivity index (χ2n) is 3.86. The van der Waals surface area contributed by atoms with Gasteiger partial charge in [-0.25, -0.2) is 9.26 Å². The highest BCUT2D eigenvalue weighted by Crippen LogP contribution is 2.03. The quantitative estimate of drug-likeness (QED) is 0.441. The zero-order valence-electron chi connectivity index (χ0n) is 10.7. The molecule has 6 N–H and O–H groups in total. The number of nitrogen functional groups attached to an aromatic ring is 2. The number of nitrogens with one attached hydrogen (secondary N) is 2. The van der Waals surface area contributed by atoms with Crippen LogP contribution in [0.1, 0.15) is 27.4 Å². The van der Waals surface area contributed by atoms with Crippen molar-refractivity contribution in [2.75, 3.05) is 24.6 Å². The first kappa shape index (κ1) is 14.2. The minimum Gasteiger partial charge on any atom is -0.379 e. The number of nitrogens with zero attached hydrogens (tertiary/aromatic N) is 4. The Balaban J connectivity index is 1.67. The molecule has 0 saturated heterocycles. The third-order valence-corrected chi connectivity index (χ3v) is 2.38. The molecule has 0 aromatic carbocycles. The Morgan fingerprint density at radius 1 is 0.857 bits per heavy atom. The van der Waals surface area contributed by atoms with E-state index in [1.54, 1.807) is 0 Å². The summed E-state index contributed by atoms with van der Waals surface area (Å²) in [6.07, 6.45) is 0.466. The van der Waals surface area contributed by atoms with Crippen molar-refractivity contribution >= 4 is 23.5 Å². The molecule has 21 heavy (non-hydrogen) atoms. The molecule has 0 radical (unpaired) electrons. The molecule has 112 valence electrons. The van der Waals surface area contributed by atoms with Crippen molar-refractivity contribution in [3.05, 3.63) is 11.4 Å². The third-order valence-electron chi connectivity index (χ3n) is 2.38. The topological polar surface area (TPSA) is 188 Å². The second-order valence-corrected chi connectivity index (χ2v) is 3.86. The molecule has 12 heteroatoms. The van der Waals surface area contributed by atoms with Gasteiger partial charge in [0.15, 0.2) is 0 Å². The first-order chi connectivity index (χ1) is 10.1. The van der Waals surface area contributed by atoms with E-state index in [9.17, 15) is 9.59 Å². The second kappa shape index (κ2) is 6.31. The summed E-state index contributed by atoms with van der Waals surface area (Å²) in [7, 11) is 0. The minimum absolute atomic E-state index is 0.0829. The van der Waals surface area contributed by atoms with E-state index in [0.717, 1.165) is 0 Å². The zero-order valence-corrected chi connectivity index (χ0v) is 10.7. The van der Waals surface area contributed by atoms with Crippen LogP contribution in [0.2, 0.25) is 0 Å². The van der Waals surface area contributed by atoms with Crippen molar-refractivity contribution < 1.29 is 18.8 Å². The molecule has 0 saturated carbocycles. The number of aromatic nitrogens is 4. The SMILES string of the molecule is Nc1nonc1C(=O)NCCCNC(=O)c1nonc1N. The number of amides is 2. The highest BCUT2D eigenvalue weighted by molar-refractivity contribution is 5.96. The molecular formula is C9H12N8O4. The summed E-state index contributed by atoms with van der Waals surface area (Å²) in [5.41, 5.74) is 10.6. The zero-order chi connectivity index (χ0) is 15.2. The molecule has 2 aromatic heterocycles. The van der Waals surface area contributed by atoms with Crippen LogP contribution < -0.4 is 22.1 Å². The van der Waals surface area contributed by atoms with Gasteiger partial charge >= 0.3 is 0 Å². The van der Waals surface area contributed by atoms with Gasteiger partial charge in [-0.05, 0) is 27.0 Å². The third kappa shape index (κ3) is 3.43. The highest BCUT2D eigenvalue weighted by Gasteiger charge is 2.16. The molecule has 2 aromatic rings. The Kier molecular flexibility index (Phi) is 4.28. The number of carbonyl (C=O) groups is 2. The molecule has 0 bridgehead atoms. The van der Waals surface area contributed by atoms with Crippen LogP contribution in [-0.2, 0) is 0 Å². The molecule has 2 heterocycles. The van der Waals surface area contributed by atoms with E-state index < -0.39 is 11.8 Å². The first-order valence-electron chi connectivity index (χ1n) is 5.82.